The second-order valence-electron chi connectivity index (χ2n) is 2.94. The molecule has 0 bridgehead atoms. The highest BCUT2D eigenvalue weighted by molar-refractivity contribution is 8.14. The van der Waals surface area contributed by atoms with Gasteiger partial charge in [-0.15, -0.1) is 12.4 Å². The monoisotopic (exact) mass is 239 g/mol. The quantitative estimate of drug-likeness (QED) is 0.631. The van der Waals surface area contributed by atoms with Crippen LogP contribution in [0.3, 0.4) is 0 Å². The third-order valence-corrected chi connectivity index (χ3v) is 2.61. The van der Waals surface area contributed by atoms with E-state index in [4.69, 9.17) is 5.73 Å². The number of hydrogen-bond donors (Lipinski definition) is 3. The van der Waals surface area contributed by atoms with Crippen LogP contribution in [0.1, 0.15) is 6.92 Å². The van der Waals surface area contributed by atoms with Crippen molar-refractivity contribution in [3.8, 4) is 0 Å². The summed E-state index contributed by atoms with van der Waals surface area (Å²) in [5.41, 5.74) is 5.34. The van der Waals surface area contributed by atoms with E-state index in [2.05, 4.69) is 10.6 Å². The second-order valence-corrected chi connectivity index (χ2v) is 3.93. The van der Waals surface area contributed by atoms with Gasteiger partial charge in [0.2, 0.25) is 5.91 Å². The Balaban J connectivity index is 0.00000169. The van der Waals surface area contributed by atoms with Crippen LogP contribution < -0.4 is 16.4 Å². The predicted molar refractivity (Wildman–Crippen MR) is 58.7 cm³/mol. The Morgan fingerprint density at radius 1 is 1.86 bits per heavy atom. The molecule has 5 nitrogen and oxygen atoms in total. The van der Waals surface area contributed by atoms with Crippen molar-refractivity contribution in [2.45, 2.75) is 19.0 Å². The van der Waals surface area contributed by atoms with Gasteiger partial charge in [-0.2, -0.15) is 0 Å². The average Bonchev–Trinajstić information content (AvgIpc) is 2.51. The summed E-state index contributed by atoms with van der Waals surface area (Å²) in [4.78, 5) is 22.1. The highest BCUT2D eigenvalue weighted by Gasteiger charge is 2.28. The zero-order valence-electron chi connectivity index (χ0n) is 7.78. The van der Waals surface area contributed by atoms with Gasteiger partial charge in [0.05, 0.1) is 0 Å². The van der Waals surface area contributed by atoms with Crippen LogP contribution in [0.15, 0.2) is 0 Å². The molecule has 4 N–H and O–H groups in total. The van der Waals surface area contributed by atoms with E-state index >= 15 is 0 Å². The van der Waals surface area contributed by atoms with Crippen molar-refractivity contribution in [3.05, 3.63) is 0 Å². The maximum absolute atomic E-state index is 11.4. The Kier molecular flexibility index (Phi) is 5.90. The molecule has 1 aliphatic rings. The highest BCUT2D eigenvalue weighted by Crippen LogP contribution is 2.12. The largest absolute Gasteiger partial charge is 0.351 e. The minimum absolute atomic E-state index is 0. The third kappa shape index (κ3) is 3.73. The van der Waals surface area contributed by atoms with Crippen LogP contribution in [0.2, 0.25) is 0 Å². The van der Waals surface area contributed by atoms with Crippen LogP contribution in [0.25, 0.3) is 0 Å². The maximum Gasteiger partial charge on any atom is 0.279 e. The Morgan fingerprint density at radius 3 is 2.93 bits per heavy atom. The highest BCUT2D eigenvalue weighted by atomic mass is 35.5. The number of thioether (sulfide) groups is 1. The van der Waals surface area contributed by atoms with Crippen molar-refractivity contribution in [1.82, 2.24) is 10.6 Å². The zero-order chi connectivity index (χ0) is 9.84. The fourth-order valence-corrected chi connectivity index (χ4v) is 1.71. The third-order valence-electron chi connectivity index (χ3n) is 1.73. The summed E-state index contributed by atoms with van der Waals surface area (Å²) >= 11 is 1.13. The zero-order valence-corrected chi connectivity index (χ0v) is 9.41. The molecule has 82 valence electrons. The molecule has 7 heteroatoms. The van der Waals surface area contributed by atoms with Crippen LogP contribution >= 0.6 is 24.2 Å². The molecule has 2 atom stereocenters. The number of carbonyl (C=O) groups excluding carboxylic acids is 2. The van der Waals surface area contributed by atoms with Crippen LogP contribution in [0.5, 0.6) is 0 Å². The fraction of sp³-hybridized carbons (Fsp3) is 0.714. The topological polar surface area (TPSA) is 84.2 Å². The molecule has 1 aliphatic heterocycles. The van der Waals surface area contributed by atoms with Crippen LogP contribution in [-0.2, 0) is 4.79 Å². The molecule has 0 saturated carbocycles. The normalized spacial score (nSPS) is 22.1. The Morgan fingerprint density at radius 2 is 2.50 bits per heavy atom. The Labute approximate surface area is 93.0 Å². The van der Waals surface area contributed by atoms with Gasteiger partial charge in [-0.3, -0.25) is 9.59 Å². The summed E-state index contributed by atoms with van der Waals surface area (Å²) in [7, 11) is 0. The van der Waals surface area contributed by atoms with Crippen molar-refractivity contribution >= 4 is 35.3 Å². The molecular formula is C7H14ClN3O2S. The van der Waals surface area contributed by atoms with Gasteiger partial charge < -0.3 is 16.4 Å². The molecular weight excluding hydrogens is 226 g/mol. The van der Waals surface area contributed by atoms with Gasteiger partial charge in [-0.1, -0.05) is 11.8 Å². The molecule has 0 aromatic carbocycles. The van der Waals surface area contributed by atoms with E-state index < -0.39 is 6.04 Å². The average molecular weight is 240 g/mol. The molecule has 1 rings (SSSR count). The van der Waals surface area contributed by atoms with E-state index in [0.29, 0.717) is 12.3 Å². The molecule has 1 fully saturated rings. The summed E-state index contributed by atoms with van der Waals surface area (Å²) in [5, 5.41) is 5.12. The molecule has 0 spiro atoms. The first-order chi connectivity index (χ1) is 6.13. The fourth-order valence-electron chi connectivity index (χ4n) is 0.928. The van der Waals surface area contributed by atoms with E-state index in [0.717, 1.165) is 11.8 Å². The SMILES string of the molecule is C[C@H](CN)NC(=O)[C@@H]1CSC(=O)N1.Cl. The van der Waals surface area contributed by atoms with E-state index in [9.17, 15) is 9.59 Å². The first-order valence-electron chi connectivity index (χ1n) is 4.07. The number of rotatable bonds is 3. The second kappa shape index (κ2) is 6.10. The van der Waals surface area contributed by atoms with E-state index in [1.165, 1.54) is 0 Å². The lowest BCUT2D eigenvalue weighted by Gasteiger charge is -2.14. The molecule has 14 heavy (non-hydrogen) atoms. The summed E-state index contributed by atoms with van der Waals surface area (Å²) < 4.78 is 0. The number of carbonyl (C=O) groups is 2. The van der Waals surface area contributed by atoms with Gasteiger partial charge in [-0.25, -0.2) is 0 Å². The van der Waals surface area contributed by atoms with Gasteiger partial charge in [0, 0.05) is 18.3 Å². The number of nitrogens with two attached hydrogens (primary N) is 1. The lowest BCUT2D eigenvalue weighted by molar-refractivity contribution is -0.122. The summed E-state index contributed by atoms with van der Waals surface area (Å²) in [6.45, 7) is 2.22. The molecule has 0 aliphatic carbocycles. The molecule has 0 aromatic rings. The lowest BCUT2D eigenvalue weighted by atomic mass is 10.2. The van der Waals surface area contributed by atoms with Crippen molar-refractivity contribution in [3.63, 3.8) is 0 Å². The number of amides is 2. The molecule has 0 unspecified atom stereocenters. The van der Waals surface area contributed by atoms with Crippen molar-refractivity contribution in [1.29, 1.82) is 0 Å². The molecule has 1 saturated heterocycles. The Hall–Kier alpha value is -0.460. The maximum atomic E-state index is 11.4. The van der Waals surface area contributed by atoms with Crippen molar-refractivity contribution in [2.75, 3.05) is 12.3 Å². The van der Waals surface area contributed by atoms with E-state index in [1.807, 2.05) is 6.92 Å². The van der Waals surface area contributed by atoms with Crippen LogP contribution in [-0.4, -0.2) is 35.5 Å². The van der Waals surface area contributed by atoms with Gasteiger partial charge in [-0.05, 0) is 6.92 Å². The van der Waals surface area contributed by atoms with Gasteiger partial charge in [0.1, 0.15) is 6.04 Å². The van der Waals surface area contributed by atoms with Gasteiger partial charge in [0.25, 0.3) is 5.24 Å². The predicted octanol–water partition coefficient (Wildman–Crippen LogP) is -0.303. The molecule has 0 aromatic heterocycles. The van der Waals surface area contributed by atoms with E-state index in [-0.39, 0.29) is 29.6 Å². The van der Waals surface area contributed by atoms with Crippen molar-refractivity contribution in [2.24, 2.45) is 5.73 Å². The summed E-state index contributed by atoms with van der Waals surface area (Å²) in [6.07, 6.45) is 0. The smallest absolute Gasteiger partial charge is 0.279 e. The van der Waals surface area contributed by atoms with Gasteiger partial charge in [0.15, 0.2) is 0 Å². The first-order valence-corrected chi connectivity index (χ1v) is 5.05. The van der Waals surface area contributed by atoms with Crippen LogP contribution in [0.4, 0.5) is 4.79 Å². The molecule has 2 amide bonds. The molecule has 0 radical (unpaired) electrons. The number of hydrogen-bond acceptors (Lipinski definition) is 4. The van der Waals surface area contributed by atoms with Gasteiger partial charge >= 0.3 is 0 Å². The molecule has 1 heterocycles. The number of halogens is 1. The standard InChI is InChI=1S/C7H13N3O2S.ClH/c1-4(2-8)9-6(11)5-3-13-7(12)10-5;/h4-5H,2-3,8H2,1H3,(H,9,11)(H,10,12);1H/t4-,5+;/m1./s1. The first kappa shape index (κ1) is 13.5. The van der Waals surface area contributed by atoms with Crippen LogP contribution in [0, 0.1) is 0 Å². The Bertz CT molecular complexity index is 227. The van der Waals surface area contributed by atoms with Crippen molar-refractivity contribution < 1.29 is 9.59 Å². The summed E-state index contributed by atoms with van der Waals surface area (Å²) in [6, 6.07) is -0.443. The number of nitrogens with one attached hydrogen (secondary N) is 2. The summed E-state index contributed by atoms with van der Waals surface area (Å²) in [5.74, 6) is 0.346. The van der Waals surface area contributed by atoms with E-state index in [1.54, 1.807) is 0 Å². The minimum Gasteiger partial charge on any atom is -0.351 e. The lowest BCUT2D eigenvalue weighted by Crippen LogP contribution is -2.48. The minimum atomic E-state index is -0.397.